The zero-order valence-corrected chi connectivity index (χ0v) is 12.8. The summed E-state index contributed by atoms with van der Waals surface area (Å²) < 4.78 is 10.3. The zero-order valence-electron chi connectivity index (χ0n) is 12.8. The maximum Gasteiger partial charge on any atom is 0.338 e. The number of urea groups is 1. The van der Waals surface area contributed by atoms with Crippen LogP contribution in [0.15, 0.2) is 24.3 Å². The number of hydrogen-bond acceptors (Lipinski definition) is 4. The average molecular weight is 306 g/mol. The van der Waals surface area contributed by atoms with Crippen molar-refractivity contribution in [3.8, 4) is 0 Å². The SMILES string of the molecule is CCCOC(=O)c1ccc(NC(=O)NC[C@@H]2CCOC2)cc1. The van der Waals surface area contributed by atoms with Gasteiger partial charge in [-0.25, -0.2) is 9.59 Å². The number of ether oxygens (including phenoxy) is 2. The van der Waals surface area contributed by atoms with Crippen molar-refractivity contribution in [3.05, 3.63) is 29.8 Å². The largest absolute Gasteiger partial charge is 0.462 e. The maximum absolute atomic E-state index is 11.8. The Bertz CT molecular complexity index is 495. The van der Waals surface area contributed by atoms with Gasteiger partial charge in [-0.05, 0) is 37.1 Å². The van der Waals surface area contributed by atoms with Crippen molar-refractivity contribution < 1.29 is 19.1 Å². The van der Waals surface area contributed by atoms with Crippen molar-refractivity contribution in [1.82, 2.24) is 5.32 Å². The molecule has 0 bridgehead atoms. The Morgan fingerprint density at radius 2 is 2.09 bits per heavy atom. The molecule has 2 rings (SSSR count). The Morgan fingerprint density at radius 3 is 2.73 bits per heavy atom. The van der Waals surface area contributed by atoms with E-state index in [1.165, 1.54) is 0 Å². The maximum atomic E-state index is 11.8. The van der Waals surface area contributed by atoms with Crippen LogP contribution in [0.3, 0.4) is 0 Å². The summed E-state index contributed by atoms with van der Waals surface area (Å²) in [6.45, 7) is 4.43. The van der Waals surface area contributed by atoms with Gasteiger partial charge in [-0.1, -0.05) is 6.92 Å². The van der Waals surface area contributed by atoms with Crippen molar-refractivity contribution in [2.24, 2.45) is 5.92 Å². The third-order valence-electron chi connectivity index (χ3n) is 3.39. The smallest absolute Gasteiger partial charge is 0.338 e. The highest BCUT2D eigenvalue weighted by atomic mass is 16.5. The Balaban J connectivity index is 1.77. The molecule has 1 aromatic carbocycles. The molecule has 2 amide bonds. The van der Waals surface area contributed by atoms with Gasteiger partial charge in [0.05, 0.1) is 18.8 Å². The van der Waals surface area contributed by atoms with Crippen LogP contribution in [-0.4, -0.2) is 38.4 Å². The van der Waals surface area contributed by atoms with Gasteiger partial charge in [-0.15, -0.1) is 0 Å². The average Bonchev–Trinajstić information content (AvgIpc) is 3.05. The second kappa shape index (κ2) is 8.38. The number of amides is 2. The number of rotatable bonds is 6. The van der Waals surface area contributed by atoms with Gasteiger partial charge in [0.15, 0.2) is 0 Å². The Hall–Kier alpha value is -2.08. The van der Waals surface area contributed by atoms with Crippen LogP contribution >= 0.6 is 0 Å². The number of hydrogen-bond donors (Lipinski definition) is 2. The third kappa shape index (κ3) is 5.04. The monoisotopic (exact) mass is 306 g/mol. The van der Waals surface area contributed by atoms with E-state index in [-0.39, 0.29) is 12.0 Å². The molecule has 0 saturated carbocycles. The van der Waals surface area contributed by atoms with Gasteiger partial charge in [0, 0.05) is 24.8 Å². The summed E-state index contributed by atoms with van der Waals surface area (Å²) in [5.41, 5.74) is 1.11. The summed E-state index contributed by atoms with van der Waals surface area (Å²) in [6.07, 6.45) is 1.77. The number of anilines is 1. The van der Waals surface area contributed by atoms with Gasteiger partial charge in [-0.2, -0.15) is 0 Å². The molecule has 0 aromatic heterocycles. The quantitative estimate of drug-likeness (QED) is 0.791. The number of nitrogens with one attached hydrogen (secondary N) is 2. The van der Waals surface area contributed by atoms with E-state index in [0.717, 1.165) is 19.4 Å². The van der Waals surface area contributed by atoms with Crippen molar-refractivity contribution in [3.63, 3.8) is 0 Å². The first-order valence-corrected chi connectivity index (χ1v) is 7.59. The van der Waals surface area contributed by atoms with E-state index in [4.69, 9.17) is 9.47 Å². The van der Waals surface area contributed by atoms with E-state index < -0.39 is 0 Å². The molecule has 1 aliphatic heterocycles. The molecule has 1 aliphatic rings. The zero-order chi connectivity index (χ0) is 15.8. The van der Waals surface area contributed by atoms with E-state index in [2.05, 4.69) is 10.6 Å². The molecular formula is C16H22N2O4. The standard InChI is InChI=1S/C16H22N2O4/c1-2-8-22-15(19)13-3-5-14(6-4-13)18-16(20)17-10-12-7-9-21-11-12/h3-6,12H,2,7-11H2,1H3,(H2,17,18,20)/t12-/m0/s1. The minimum absolute atomic E-state index is 0.256. The highest BCUT2D eigenvalue weighted by Crippen LogP contribution is 2.12. The highest BCUT2D eigenvalue weighted by Gasteiger charge is 2.16. The molecule has 0 radical (unpaired) electrons. The lowest BCUT2D eigenvalue weighted by Gasteiger charge is -2.11. The van der Waals surface area contributed by atoms with Crippen LogP contribution in [0.1, 0.15) is 30.1 Å². The van der Waals surface area contributed by atoms with Crippen molar-refractivity contribution in [2.75, 3.05) is 31.7 Å². The molecule has 0 unspecified atom stereocenters. The molecular weight excluding hydrogens is 284 g/mol. The first kappa shape index (κ1) is 16.3. The van der Waals surface area contributed by atoms with Gasteiger partial charge in [0.2, 0.25) is 0 Å². The third-order valence-corrected chi connectivity index (χ3v) is 3.39. The minimum atomic E-state index is -0.348. The van der Waals surface area contributed by atoms with E-state index in [1.54, 1.807) is 24.3 Å². The lowest BCUT2D eigenvalue weighted by Crippen LogP contribution is -2.33. The first-order valence-electron chi connectivity index (χ1n) is 7.59. The van der Waals surface area contributed by atoms with Gasteiger partial charge >= 0.3 is 12.0 Å². The molecule has 1 atom stereocenters. The molecule has 1 saturated heterocycles. The normalized spacial score (nSPS) is 17.0. The predicted octanol–water partition coefficient (Wildman–Crippen LogP) is 2.41. The van der Waals surface area contributed by atoms with E-state index in [1.807, 2.05) is 6.92 Å². The highest BCUT2D eigenvalue weighted by molar-refractivity contribution is 5.92. The molecule has 6 heteroatoms. The van der Waals surface area contributed by atoms with Crippen LogP contribution in [0.25, 0.3) is 0 Å². The fraction of sp³-hybridized carbons (Fsp3) is 0.500. The molecule has 1 fully saturated rings. The number of esters is 1. The molecule has 1 heterocycles. The molecule has 2 N–H and O–H groups in total. The van der Waals surface area contributed by atoms with E-state index in [9.17, 15) is 9.59 Å². The molecule has 1 aromatic rings. The Kier molecular flexibility index (Phi) is 6.21. The van der Waals surface area contributed by atoms with Crippen molar-refractivity contribution >= 4 is 17.7 Å². The van der Waals surface area contributed by atoms with Crippen LogP contribution in [0.5, 0.6) is 0 Å². The van der Waals surface area contributed by atoms with Crippen LogP contribution < -0.4 is 10.6 Å². The number of carbonyl (C=O) groups is 2. The van der Waals surface area contributed by atoms with Crippen LogP contribution in [0, 0.1) is 5.92 Å². The fourth-order valence-electron chi connectivity index (χ4n) is 2.12. The van der Waals surface area contributed by atoms with Crippen LogP contribution in [-0.2, 0) is 9.47 Å². The molecule has 22 heavy (non-hydrogen) atoms. The fourth-order valence-corrected chi connectivity index (χ4v) is 2.12. The summed E-state index contributed by atoms with van der Waals surface area (Å²) in [6, 6.07) is 6.38. The Labute approximate surface area is 130 Å². The lowest BCUT2D eigenvalue weighted by atomic mass is 10.1. The molecule has 120 valence electrons. The summed E-state index contributed by atoms with van der Waals surface area (Å²) in [4.78, 5) is 23.4. The molecule has 6 nitrogen and oxygen atoms in total. The van der Waals surface area contributed by atoms with E-state index in [0.29, 0.717) is 36.9 Å². The Morgan fingerprint density at radius 1 is 1.32 bits per heavy atom. The van der Waals surface area contributed by atoms with Gasteiger partial charge in [0.1, 0.15) is 0 Å². The van der Waals surface area contributed by atoms with Crippen molar-refractivity contribution in [1.29, 1.82) is 0 Å². The first-order chi connectivity index (χ1) is 10.7. The number of carbonyl (C=O) groups excluding carboxylic acids is 2. The second-order valence-electron chi connectivity index (χ2n) is 5.28. The second-order valence-corrected chi connectivity index (χ2v) is 5.28. The summed E-state index contributed by atoms with van der Waals surface area (Å²) in [5.74, 6) is 0.0422. The van der Waals surface area contributed by atoms with Gasteiger partial charge in [-0.3, -0.25) is 0 Å². The van der Waals surface area contributed by atoms with Crippen LogP contribution in [0.2, 0.25) is 0 Å². The van der Waals surface area contributed by atoms with E-state index >= 15 is 0 Å². The molecule has 0 aliphatic carbocycles. The summed E-state index contributed by atoms with van der Waals surface area (Å²) in [5, 5.41) is 5.55. The van der Waals surface area contributed by atoms with Crippen molar-refractivity contribution in [2.45, 2.75) is 19.8 Å². The summed E-state index contributed by atoms with van der Waals surface area (Å²) >= 11 is 0. The lowest BCUT2D eigenvalue weighted by molar-refractivity contribution is 0.0505. The van der Waals surface area contributed by atoms with Gasteiger partial charge < -0.3 is 20.1 Å². The molecule has 0 spiro atoms. The summed E-state index contributed by atoms with van der Waals surface area (Å²) in [7, 11) is 0. The van der Waals surface area contributed by atoms with Crippen LogP contribution in [0.4, 0.5) is 10.5 Å². The van der Waals surface area contributed by atoms with Gasteiger partial charge in [0.25, 0.3) is 0 Å². The predicted molar refractivity (Wildman–Crippen MR) is 83.0 cm³/mol. The minimum Gasteiger partial charge on any atom is -0.462 e. The topological polar surface area (TPSA) is 76.7 Å². The number of benzene rings is 1.